The van der Waals surface area contributed by atoms with Crippen LogP contribution < -0.4 is 0 Å². The molecule has 1 heterocycles. The van der Waals surface area contributed by atoms with Gasteiger partial charge >= 0.3 is 11.9 Å². The molecule has 0 spiro atoms. The minimum atomic E-state index is -1.14. The van der Waals surface area contributed by atoms with Crippen molar-refractivity contribution >= 4 is 11.9 Å². The minimum Gasteiger partial charge on any atom is -0.458 e. The Labute approximate surface area is 181 Å². The Morgan fingerprint density at radius 2 is 1.84 bits per heavy atom. The highest BCUT2D eigenvalue weighted by atomic mass is 16.6. The molecule has 0 saturated carbocycles. The number of benzene rings is 2. The van der Waals surface area contributed by atoms with E-state index in [4.69, 9.17) is 15.0 Å². The van der Waals surface area contributed by atoms with E-state index in [-0.39, 0.29) is 12.5 Å². The number of hydrogen-bond donors (Lipinski definition) is 0. The Kier molecular flexibility index (Phi) is 8.04. The van der Waals surface area contributed by atoms with E-state index in [1.807, 2.05) is 24.3 Å². The number of esters is 2. The second-order valence-corrected chi connectivity index (χ2v) is 7.56. The zero-order chi connectivity index (χ0) is 22.1. The first kappa shape index (κ1) is 22.3. The molecule has 0 amide bonds. The van der Waals surface area contributed by atoms with Gasteiger partial charge in [-0.1, -0.05) is 65.8 Å². The van der Waals surface area contributed by atoms with Crippen LogP contribution >= 0.6 is 0 Å². The summed E-state index contributed by atoms with van der Waals surface area (Å²) in [7, 11) is 0. The zero-order valence-corrected chi connectivity index (χ0v) is 17.5. The summed E-state index contributed by atoms with van der Waals surface area (Å²) in [4.78, 5) is 29.7. The number of carbonyl (C=O) groups excluding carboxylic acids is 2. The summed E-state index contributed by atoms with van der Waals surface area (Å²) in [5.74, 6) is -1.29. The first-order chi connectivity index (χ1) is 15.1. The number of hydrogen-bond acceptors (Lipinski definition) is 6. The first-order valence-corrected chi connectivity index (χ1v) is 10.3. The molecule has 1 aliphatic rings. The Morgan fingerprint density at radius 1 is 1.16 bits per heavy atom. The van der Waals surface area contributed by atoms with Crippen molar-refractivity contribution in [2.24, 2.45) is 11.0 Å². The molecule has 0 bridgehead atoms. The molecule has 1 aliphatic heterocycles. The van der Waals surface area contributed by atoms with E-state index < -0.39 is 24.1 Å². The van der Waals surface area contributed by atoms with Crippen LogP contribution in [0.3, 0.4) is 0 Å². The number of piperidine rings is 1. The monoisotopic (exact) mass is 422 g/mol. The smallest absolute Gasteiger partial charge is 0.352 e. The molecule has 162 valence electrons. The van der Waals surface area contributed by atoms with Crippen LogP contribution in [0.2, 0.25) is 0 Å². The summed E-state index contributed by atoms with van der Waals surface area (Å²) in [5, 5.41) is 3.70. The van der Waals surface area contributed by atoms with Gasteiger partial charge in [-0.3, -0.25) is 9.69 Å². The fourth-order valence-electron chi connectivity index (χ4n) is 3.76. The largest absolute Gasteiger partial charge is 0.458 e. The van der Waals surface area contributed by atoms with Crippen molar-refractivity contribution in [3.8, 4) is 0 Å². The predicted octanol–water partition coefficient (Wildman–Crippen LogP) is 4.04. The summed E-state index contributed by atoms with van der Waals surface area (Å²) in [6, 6.07) is 18.9. The third-order valence-electron chi connectivity index (χ3n) is 5.28. The molecule has 8 nitrogen and oxygen atoms in total. The van der Waals surface area contributed by atoms with Crippen LogP contribution in [0.15, 0.2) is 65.8 Å². The van der Waals surface area contributed by atoms with Crippen molar-refractivity contribution in [3.63, 3.8) is 0 Å². The van der Waals surface area contributed by atoms with Crippen LogP contribution in [0.4, 0.5) is 0 Å². The van der Waals surface area contributed by atoms with Gasteiger partial charge < -0.3 is 9.47 Å². The number of rotatable bonds is 8. The lowest BCUT2D eigenvalue weighted by molar-refractivity contribution is -0.175. The molecular weight excluding hydrogens is 396 g/mol. The van der Waals surface area contributed by atoms with Crippen molar-refractivity contribution < 1.29 is 19.1 Å². The van der Waals surface area contributed by atoms with E-state index in [1.165, 1.54) is 12.5 Å². The van der Waals surface area contributed by atoms with Crippen LogP contribution in [-0.2, 0) is 25.6 Å². The lowest BCUT2D eigenvalue weighted by Crippen LogP contribution is -2.47. The highest BCUT2D eigenvalue weighted by molar-refractivity contribution is 5.80. The molecule has 0 radical (unpaired) electrons. The first-order valence-electron chi connectivity index (χ1n) is 10.3. The predicted molar refractivity (Wildman–Crippen MR) is 115 cm³/mol. The van der Waals surface area contributed by atoms with Gasteiger partial charge in [-0.05, 0) is 24.1 Å². The van der Waals surface area contributed by atoms with Crippen molar-refractivity contribution in [3.05, 3.63) is 82.2 Å². The summed E-state index contributed by atoms with van der Waals surface area (Å²) in [6.07, 6.45) is -0.881. The lowest BCUT2D eigenvalue weighted by atomic mass is 9.93. The second-order valence-electron chi connectivity index (χ2n) is 7.56. The summed E-state index contributed by atoms with van der Waals surface area (Å²) < 4.78 is 11.1. The fourth-order valence-corrected chi connectivity index (χ4v) is 3.76. The van der Waals surface area contributed by atoms with Crippen LogP contribution in [0.5, 0.6) is 0 Å². The average Bonchev–Trinajstić information content (AvgIpc) is 2.78. The molecule has 0 aliphatic carbocycles. The molecule has 3 rings (SSSR count). The van der Waals surface area contributed by atoms with Gasteiger partial charge in [0.1, 0.15) is 6.10 Å². The van der Waals surface area contributed by atoms with E-state index in [0.29, 0.717) is 12.1 Å². The van der Waals surface area contributed by atoms with Gasteiger partial charge in [-0.2, -0.15) is 0 Å². The summed E-state index contributed by atoms with van der Waals surface area (Å²) in [6.45, 7) is 3.55. The van der Waals surface area contributed by atoms with Crippen molar-refractivity contribution in [1.29, 1.82) is 0 Å². The molecule has 2 aromatic carbocycles. The topological polar surface area (TPSA) is 105 Å². The Hall–Kier alpha value is -3.35. The number of likely N-dealkylation sites (tertiary alicyclic amines) is 1. The van der Waals surface area contributed by atoms with E-state index in [0.717, 1.165) is 19.5 Å². The SMILES string of the molecule is CC(=O)O[C@@H](C(=O)O[C@H]1CN(Cc2ccccc2)CC[C@@H]1CN=[N+]=[N-])c1ccccc1. The van der Waals surface area contributed by atoms with Gasteiger partial charge in [0, 0.05) is 43.0 Å². The van der Waals surface area contributed by atoms with Crippen LogP contribution in [-0.4, -0.2) is 42.6 Å². The third-order valence-corrected chi connectivity index (χ3v) is 5.28. The van der Waals surface area contributed by atoms with Gasteiger partial charge in [-0.15, -0.1) is 0 Å². The Bertz CT molecular complexity index is 916. The minimum absolute atomic E-state index is 0.0966. The van der Waals surface area contributed by atoms with E-state index in [1.54, 1.807) is 24.3 Å². The van der Waals surface area contributed by atoms with Crippen LogP contribution in [0.25, 0.3) is 10.4 Å². The van der Waals surface area contributed by atoms with Crippen LogP contribution in [0.1, 0.15) is 30.6 Å². The van der Waals surface area contributed by atoms with Crippen LogP contribution in [0, 0.1) is 5.92 Å². The molecule has 0 aromatic heterocycles. The quantitative estimate of drug-likeness (QED) is 0.276. The average molecular weight is 422 g/mol. The maximum Gasteiger partial charge on any atom is 0.352 e. The summed E-state index contributed by atoms with van der Waals surface area (Å²) >= 11 is 0. The molecule has 0 N–H and O–H groups in total. The fraction of sp³-hybridized carbons (Fsp3) is 0.391. The Balaban J connectivity index is 1.74. The third kappa shape index (κ3) is 6.57. The number of azide groups is 1. The van der Waals surface area contributed by atoms with Crippen molar-refractivity contribution in [2.75, 3.05) is 19.6 Å². The molecule has 1 saturated heterocycles. The number of carbonyl (C=O) groups is 2. The maximum absolute atomic E-state index is 13.0. The number of nitrogens with zero attached hydrogens (tertiary/aromatic N) is 4. The molecule has 0 unspecified atom stereocenters. The molecule has 8 heteroatoms. The van der Waals surface area contributed by atoms with Gasteiger partial charge in [-0.25, -0.2) is 4.79 Å². The standard InChI is InChI=1S/C23H26N4O4/c1-17(28)30-22(19-10-6-3-7-11-19)23(29)31-21-16-27(13-12-20(21)14-25-26-24)15-18-8-4-2-5-9-18/h2-11,20-22H,12-16H2,1H3/t20-,21+,22-/m1/s1. The lowest BCUT2D eigenvalue weighted by Gasteiger charge is -2.38. The van der Waals surface area contributed by atoms with E-state index in [2.05, 4.69) is 27.1 Å². The van der Waals surface area contributed by atoms with Crippen molar-refractivity contribution in [2.45, 2.75) is 32.1 Å². The molecular formula is C23H26N4O4. The van der Waals surface area contributed by atoms with Gasteiger partial charge in [0.15, 0.2) is 0 Å². The van der Waals surface area contributed by atoms with Crippen molar-refractivity contribution in [1.82, 2.24) is 4.90 Å². The molecule has 1 fully saturated rings. The summed E-state index contributed by atoms with van der Waals surface area (Å²) in [5.41, 5.74) is 10.4. The molecule has 3 atom stereocenters. The second kappa shape index (κ2) is 11.2. The highest BCUT2D eigenvalue weighted by Gasteiger charge is 2.35. The normalized spacial score (nSPS) is 19.6. The van der Waals surface area contributed by atoms with Gasteiger partial charge in [0.25, 0.3) is 0 Å². The van der Waals surface area contributed by atoms with E-state index in [9.17, 15) is 9.59 Å². The molecule has 31 heavy (non-hydrogen) atoms. The van der Waals surface area contributed by atoms with E-state index >= 15 is 0 Å². The number of ether oxygens (including phenoxy) is 2. The maximum atomic E-state index is 13.0. The zero-order valence-electron chi connectivity index (χ0n) is 17.5. The van der Waals surface area contributed by atoms with Gasteiger partial charge in [0.05, 0.1) is 0 Å². The van der Waals surface area contributed by atoms with Gasteiger partial charge in [0.2, 0.25) is 6.10 Å². The highest BCUT2D eigenvalue weighted by Crippen LogP contribution is 2.26. The Morgan fingerprint density at radius 3 is 2.48 bits per heavy atom. The molecule has 2 aromatic rings.